The Morgan fingerprint density at radius 1 is 0.655 bits per heavy atom. The van der Waals surface area contributed by atoms with E-state index in [0.717, 1.165) is 44.2 Å². The highest BCUT2D eigenvalue weighted by Crippen LogP contribution is 2.29. The number of likely N-dealkylation sites (tertiary alicyclic amines) is 2. The van der Waals surface area contributed by atoms with Gasteiger partial charge in [-0.1, -0.05) is 12.8 Å². The third-order valence-corrected chi connectivity index (χ3v) is 7.62. The van der Waals surface area contributed by atoms with Gasteiger partial charge in [-0.25, -0.2) is 0 Å². The van der Waals surface area contributed by atoms with Crippen LogP contribution in [0.3, 0.4) is 0 Å². The number of piperidine rings is 2. The van der Waals surface area contributed by atoms with Crippen molar-refractivity contribution in [2.45, 2.75) is 58.0 Å². The highest BCUT2D eigenvalue weighted by Gasteiger charge is 2.15. The molecule has 6 heteroatoms. The molecular formula is C23H34N2O2S2. The first-order chi connectivity index (χ1) is 14.4. The summed E-state index contributed by atoms with van der Waals surface area (Å²) in [6, 6.07) is 4.25. The quantitative estimate of drug-likeness (QED) is 0.453. The van der Waals surface area contributed by atoms with Crippen LogP contribution >= 0.6 is 22.7 Å². The van der Waals surface area contributed by atoms with Crippen LogP contribution in [-0.2, 0) is 13.1 Å². The Bertz CT molecular complexity index is 658. The number of rotatable bonds is 10. The van der Waals surface area contributed by atoms with Crippen molar-refractivity contribution < 1.29 is 9.47 Å². The monoisotopic (exact) mass is 434 g/mol. The fourth-order valence-electron chi connectivity index (χ4n) is 4.21. The number of nitrogens with zero attached hydrogens (tertiary/aromatic N) is 2. The molecule has 29 heavy (non-hydrogen) atoms. The Hall–Kier alpha value is -1.08. The molecule has 2 saturated heterocycles. The van der Waals surface area contributed by atoms with E-state index in [1.54, 1.807) is 0 Å². The van der Waals surface area contributed by atoms with Crippen LogP contribution in [-0.4, -0.2) is 49.2 Å². The average Bonchev–Trinajstić information content (AvgIpc) is 3.39. The van der Waals surface area contributed by atoms with Gasteiger partial charge in [0, 0.05) is 19.5 Å². The molecule has 0 unspecified atom stereocenters. The number of ether oxygens (including phenoxy) is 2. The van der Waals surface area contributed by atoms with Gasteiger partial charge < -0.3 is 9.47 Å². The summed E-state index contributed by atoms with van der Waals surface area (Å²) in [6.07, 6.45) is 9.02. The molecule has 2 fully saturated rings. The van der Waals surface area contributed by atoms with Crippen molar-refractivity contribution in [2.75, 3.05) is 39.4 Å². The van der Waals surface area contributed by atoms with E-state index >= 15 is 0 Å². The molecular weight excluding hydrogens is 400 g/mol. The van der Waals surface area contributed by atoms with Crippen LogP contribution in [0.5, 0.6) is 11.5 Å². The number of hydrogen-bond donors (Lipinski definition) is 0. The molecule has 2 aromatic rings. The molecule has 0 aromatic carbocycles. The normalized spacial score (nSPS) is 18.8. The summed E-state index contributed by atoms with van der Waals surface area (Å²) in [4.78, 5) is 7.86. The van der Waals surface area contributed by atoms with Gasteiger partial charge in [-0.15, -0.1) is 22.7 Å². The standard InChI is InChI=1S/C23H34N2O2S2/c1-3-10-24(11-4-1)18-22-20(8-16-28-22)26-14-7-15-27-21-9-17-29-23(21)19-25-12-5-2-6-13-25/h8-9,16-17H,1-7,10-15,18-19H2. The van der Waals surface area contributed by atoms with Gasteiger partial charge in [0.05, 0.1) is 23.0 Å². The summed E-state index contributed by atoms with van der Waals surface area (Å²) in [5, 5.41) is 4.31. The molecule has 4 rings (SSSR count). The topological polar surface area (TPSA) is 24.9 Å². The Kier molecular flexibility index (Phi) is 8.28. The molecule has 2 aliphatic heterocycles. The molecule has 0 saturated carbocycles. The SMILES string of the molecule is c1cc(OCCCOc2ccsc2CN2CCCCC2)c(CN2CCCCC2)s1. The van der Waals surface area contributed by atoms with Crippen molar-refractivity contribution in [2.24, 2.45) is 0 Å². The molecule has 160 valence electrons. The maximum absolute atomic E-state index is 6.09. The van der Waals surface area contributed by atoms with Crippen molar-refractivity contribution in [1.82, 2.24) is 9.80 Å². The lowest BCUT2D eigenvalue weighted by Gasteiger charge is -2.26. The van der Waals surface area contributed by atoms with Crippen molar-refractivity contribution in [1.29, 1.82) is 0 Å². The van der Waals surface area contributed by atoms with Gasteiger partial charge in [-0.3, -0.25) is 9.80 Å². The molecule has 0 bridgehead atoms. The first-order valence-electron chi connectivity index (χ1n) is 11.2. The molecule has 0 aliphatic carbocycles. The molecule has 2 aromatic heterocycles. The average molecular weight is 435 g/mol. The van der Waals surface area contributed by atoms with E-state index in [4.69, 9.17) is 9.47 Å². The number of hydrogen-bond acceptors (Lipinski definition) is 6. The molecule has 4 nitrogen and oxygen atoms in total. The lowest BCUT2D eigenvalue weighted by molar-refractivity contribution is 0.211. The minimum absolute atomic E-state index is 0.718. The summed E-state index contributed by atoms with van der Waals surface area (Å²) in [6.45, 7) is 8.43. The molecule has 4 heterocycles. The van der Waals surface area contributed by atoms with Crippen molar-refractivity contribution in [3.63, 3.8) is 0 Å². The van der Waals surface area contributed by atoms with Crippen LogP contribution in [0.15, 0.2) is 22.9 Å². The summed E-state index contributed by atoms with van der Waals surface area (Å²) in [7, 11) is 0. The maximum atomic E-state index is 6.09. The molecule has 0 spiro atoms. The summed E-state index contributed by atoms with van der Waals surface area (Å²) < 4.78 is 12.2. The summed E-state index contributed by atoms with van der Waals surface area (Å²) >= 11 is 3.64. The van der Waals surface area contributed by atoms with Crippen molar-refractivity contribution >= 4 is 22.7 Å². The molecule has 0 radical (unpaired) electrons. The van der Waals surface area contributed by atoms with E-state index in [0.29, 0.717) is 0 Å². The zero-order valence-corrected chi connectivity index (χ0v) is 19.1. The lowest BCUT2D eigenvalue weighted by Crippen LogP contribution is -2.28. The molecule has 2 aliphatic rings. The molecule has 0 amide bonds. The zero-order chi connectivity index (χ0) is 19.7. The minimum atomic E-state index is 0.718. The Balaban J connectivity index is 1.16. The third-order valence-electron chi connectivity index (χ3n) is 5.84. The van der Waals surface area contributed by atoms with Crippen LogP contribution in [0, 0.1) is 0 Å². The van der Waals surface area contributed by atoms with Crippen molar-refractivity contribution in [3.05, 3.63) is 32.6 Å². The number of thiophene rings is 2. The van der Waals surface area contributed by atoms with E-state index in [1.165, 1.54) is 74.5 Å². The summed E-state index contributed by atoms with van der Waals surface area (Å²) in [5.74, 6) is 2.14. The Morgan fingerprint density at radius 3 is 1.55 bits per heavy atom. The third kappa shape index (κ3) is 6.45. The van der Waals surface area contributed by atoms with E-state index in [2.05, 4.69) is 32.7 Å². The smallest absolute Gasteiger partial charge is 0.134 e. The van der Waals surface area contributed by atoms with E-state index in [1.807, 2.05) is 22.7 Å². The van der Waals surface area contributed by atoms with Gasteiger partial charge in [0.2, 0.25) is 0 Å². The lowest BCUT2D eigenvalue weighted by atomic mass is 10.1. The second kappa shape index (κ2) is 11.3. The minimum Gasteiger partial charge on any atom is -0.492 e. The van der Waals surface area contributed by atoms with Crippen LogP contribution in [0.4, 0.5) is 0 Å². The highest BCUT2D eigenvalue weighted by molar-refractivity contribution is 7.10. The van der Waals surface area contributed by atoms with Crippen LogP contribution in [0.1, 0.15) is 54.7 Å². The van der Waals surface area contributed by atoms with Gasteiger partial charge in [0.15, 0.2) is 0 Å². The largest absolute Gasteiger partial charge is 0.492 e. The fraction of sp³-hybridized carbons (Fsp3) is 0.652. The van der Waals surface area contributed by atoms with Gasteiger partial charge in [0.25, 0.3) is 0 Å². The van der Waals surface area contributed by atoms with E-state index < -0.39 is 0 Å². The van der Waals surface area contributed by atoms with E-state index in [-0.39, 0.29) is 0 Å². The van der Waals surface area contributed by atoms with Gasteiger partial charge in [-0.05, 0) is 74.8 Å². The second-order valence-electron chi connectivity index (χ2n) is 8.14. The van der Waals surface area contributed by atoms with Crippen LogP contribution in [0.2, 0.25) is 0 Å². The first kappa shape index (κ1) is 21.2. The van der Waals surface area contributed by atoms with Gasteiger partial charge >= 0.3 is 0 Å². The Labute approximate surface area is 183 Å². The van der Waals surface area contributed by atoms with Crippen LogP contribution in [0.25, 0.3) is 0 Å². The summed E-state index contributed by atoms with van der Waals surface area (Å²) in [5.41, 5.74) is 0. The fourth-order valence-corrected chi connectivity index (χ4v) is 5.92. The molecule has 0 N–H and O–H groups in total. The highest BCUT2D eigenvalue weighted by atomic mass is 32.1. The van der Waals surface area contributed by atoms with Gasteiger partial charge in [0.1, 0.15) is 11.5 Å². The predicted molar refractivity (Wildman–Crippen MR) is 123 cm³/mol. The first-order valence-corrected chi connectivity index (χ1v) is 13.0. The maximum Gasteiger partial charge on any atom is 0.134 e. The zero-order valence-electron chi connectivity index (χ0n) is 17.4. The van der Waals surface area contributed by atoms with Crippen LogP contribution < -0.4 is 9.47 Å². The molecule has 0 atom stereocenters. The van der Waals surface area contributed by atoms with Gasteiger partial charge in [-0.2, -0.15) is 0 Å². The van der Waals surface area contributed by atoms with Crippen molar-refractivity contribution in [3.8, 4) is 11.5 Å². The van der Waals surface area contributed by atoms with E-state index in [9.17, 15) is 0 Å². The second-order valence-corrected chi connectivity index (χ2v) is 10.1. The Morgan fingerprint density at radius 2 is 1.10 bits per heavy atom. The predicted octanol–water partition coefficient (Wildman–Crippen LogP) is 5.63.